The Labute approximate surface area is 190 Å². The number of rotatable bonds is 5. The van der Waals surface area contributed by atoms with Crippen LogP contribution in [-0.2, 0) is 4.79 Å². The van der Waals surface area contributed by atoms with E-state index in [2.05, 4.69) is 4.98 Å². The molecule has 0 unspecified atom stereocenters. The minimum absolute atomic E-state index is 0.150. The number of hydrogen-bond donors (Lipinski definition) is 2. The maximum absolute atomic E-state index is 13.7. The summed E-state index contributed by atoms with van der Waals surface area (Å²) in [4.78, 5) is 42.6. The van der Waals surface area contributed by atoms with Crippen molar-refractivity contribution in [2.24, 2.45) is 5.73 Å². The number of imide groups is 1. The summed E-state index contributed by atoms with van der Waals surface area (Å²) in [5, 5.41) is 2.73. The number of benzene rings is 2. The monoisotopic (exact) mass is 468 g/mol. The number of aryl methyl sites for hydroxylation is 1. The van der Waals surface area contributed by atoms with Gasteiger partial charge in [-0.3, -0.25) is 19.5 Å². The van der Waals surface area contributed by atoms with Crippen molar-refractivity contribution in [2.75, 3.05) is 5.75 Å². The Morgan fingerprint density at radius 2 is 1.84 bits per heavy atom. The van der Waals surface area contributed by atoms with Gasteiger partial charge in [0.25, 0.3) is 5.56 Å². The molecule has 0 radical (unpaired) electrons. The summed E-state index contributed by atoms with van der Waals surface area (Å²) < 4.78 is 14.9. The molecule has 0 aliphatic rings. The fourth-order valence-corrected chi connectivity index (χ4v) is 5.21. The predicted molar refractivity (Wildman–Crippen MR) is 124 cm³/mol. The van der Waals surface area contributed by atoms with Crippen molar-refractivity contribution in [1.29, 1.82) is 0 Å². The first kappa shape index (κ1) is 21.7. The van der Waals surface area contributed by atoms with Gasteiger partial charge in [-0.2, -0.15) is 0 Å². The summed E-state index contributed by atoms with van der Waals surface area (Å²) in [6.07, 6.45) is 0. The lowest BCUT2D eigenvalue weighted by Gasteiger charge is -2.12. The number of primary amides is 1. The Hall–Kier alpha value is -3.50. The number of nitrogens with zero attached hydrogens (tertiary/aromatic N) is 2. The average Bonchev–Trinajstić information content (AvgIpc) is 3.09. The van der Waals surface area contributed by atoms with Crippen LogP contribution < -0.4 is 16.6 Å². The number of thioether (sulfide) groups is 1. The van der Waals surface area contributed by atoms with Crippen LogP contribution in [0.4, 0.5) is 9.18 Å². The third-order valence-corrected chi connectivity index (χ3v) is 6.55. The minimum atomic E-state index is -0.947. The number of amides is 3. The van der Waals surface area contributed by atoms with Crippen molar-refractivity contribution < 1.29 is 14.0 Å². The molecule has 32 heavy (non-hydrogen) atoms. The molecule has 2 heterocycles. The van der Waals surface area contributed by atoms with Crippen molar-refractivity contribution in [2.45, 2.75) is 12.1 Å². The molecule has 0 spiro atoms. The number of carbonyl (C=O) groups is 2. The van der Waals surface area contributed by atoms with Crippen LogP contribution in [0, 0.1) is 12.7 Å². The number of urea groups is 1. The van der Waals surface area contributed by atoms with Crippen molar-refractivity contribution in [3.8, 4) is 16.8 Å². The first-order valence-corrected chi connectivity index (χ1v) is 11.2. The van der Waals surface area contributed by atoms with E-state index < -0.39 is 11.9 Å². The van der Waals surface area contributed by atoms with E-state index in [1.54, 1.807) is 36.4 Å². The Bertz CT molecular complexity index is 1380. The summed E-state index contributed by atoms with van der Waals surface area (Å²) >= 11 is 2.37. The van der Waals surface area contributed by atoms with Gasteiger partial charge in [0.15, 0.2) is 5.16 Å². The van der Waals surface area contributed by atoms with Crippen molar-refractivity contribution in [1.82, 2.24) is 14.9 Å². The highest BCUT2D eigenvalue weighted by Crippen LogP contribution is 2.37. The molecule has 7 nitrogen and oxygen atoms in total. The molecular weight excluding hydrogens is 451 g/mol. The van der Waals surface area contributed by atoms with Gasteiger partial charge in [0.05, 0.1) is 16.8 Å². The van der Waals surface area contributed by atoms with Crippen molar-refractivity contribution in [3.05, 3.63) is 75.6 Å². The molecule has 10 heteroatoms. The lowest BCUT2D eigenvalue weighted by Crippen LogP contribution is -2.36. The second-order valence-electron chi connectivity index (χ2n) is 6.79. The lowest BCUT2D eigenvalue weighted by molar-refractivity contribution is -0.117. The lowest BCUT2D eigenvalue weighted by atomic mass is 10.0. The second kappa shape index (κ2) is 8.93. The van der Waals surface area contributed by atoms with Gasteiger partial charge >= 0.3 is 6.03 Å². The highest BCUT2D eigenvalue weighted by atomic mass is 32.2. The van der Waals surface area contributed by atoms with E-state index in [1.807, 2.05) is 18.3 Å². The van der Waals surface area contributed by atoms with Gasteiger partial charge < -0.3 is 5.73 Å². The van der Waals surface area contributed by atoms with E-state index in [9.17, 15) is 18.8 Å². The highest BCUT2D eigenvalue weighted by Gasteiger charge is 2.21. The van der Waals surface area contributed by atoms with Crippen LogP contribution in [0.3, 0.4) is 0 Å². The van der Waals surface area contributed by atoms with Crippen LogP contribution >= 0.6 is 23.1 Å². The van der Waals surface area contributed by atoms with Gasteiger partial charge in [0, 0.05) is 10.4 Å². The maximum atomic E-state index is 13.7. The topological polar surface area (TPSA) is 107 Å². The molecule has 3 amide bonds. The van der Waals surface area contributed by atoms with Crippen molar-refractivity contribution in [3.63, 3.8) is 0 Å². The van der Waals surface area contributed by atoms with E-state index in [0.29, 0.717) is 26.6 Å². The molecule has 2 aromatic carbocycles. The quantitative estimate of drug-likeness (QED) is 0.342. The molecule has 4 aromatic rings. The van der Waals surface area contributed by atoms with Gasteiger partial charge in [-0.25, -0.2) is 14.2 Å². The Kier molecular flexibility index (Phi) is 6.06. The number of halogens is 1. The first-order chi connectivity index (χ1) is 15.3. The summed E-state index contributed by atoms with van der Waals surface area (Å²) in [6.45, 7) is 1.88. The molecule has 0 bridgehead atoms. The number of nitrogens with two attached hydrogens (primary N) is 1. The molecule has 0 fully saturated rings. The fourth-order valence-electron chi connectivity index (χ4n) is 3.31. The smallest absolute Gasteiger partial charge is 0.318 e. The Balaban J connectivity index is 1.91. The molecule has 0 aliphatic carbocycles. The second-order valence-corrected chi connectivity index (χ2v) is 8.94. The Morgan fingerprint density at radius 1 is 1.16 bits per heavy atom. The van der Waals surface area contributed by atoms with Crippen LogP contribution in [0.1, 0.15) is 4.88 Å². The number of carbonyl (C=O) groups excluding carboxylic acids is 2. The number of fused-ring (bicyclic) bond motifs is 1. The van der Waals surface area contributed by atoms with Crippen molar-refractivity contribution >= 4 is 45.3 Å². The average molecular weight is 469 g/mol. The summed E-state index contributed by atoms with van der Waals surface area (Å²) in [5.74, 6) is -1.10. The SMILES string of the molecule is Cc1sc2nc(SCC(=O)NC(N)=O)n(-c3ccccc3)c(=O)c2c1-c1ccc(F)cc1. The first-order valence-electron chi connectivity index (χ1n) is 9.44. The van der Waals surface area contributed by atoms with Crippen LogP contribution in [0.15, 0.2) is 64.5 Å². The van der Waals surface area contributed by atoms with E-state index >= 15 is 0 Å². The molecule has 162 valence electrons. The largest absolute Gasteiger partial charge is 0.351 e. The molecule has 3 N–H and O–H groups in total. The third kappa shape index (κ3) is 4.27. The molecule has 0 atom stereocenters. The number of aromatic nitrogens is 2. The maximum Gasteiger partial charge on any atom is 0.318 e. The highest BCUT2D eigenvalue weighted by molar-refractivity contribution is 7.99. The van der Waals surface area contributed by atoms with E-state index in [-0.39, 0.29) is 17.1 Å². The molecule has 2 aromatic heterocycles. The van der Waals surface area contributed by atoms with E-state index in [4.69, 9.17) is 5.73 Å². The molecule has 0 saturated carbocycles. The zero-order chi connectivity index (χ0) is 22.8. The van der Waals surface area contributed by atoms with Gasteiger partial charge in [-0.15, -0.1) is 11.3 Å². The molecule has 0 saturated heterocycles. The molecule has 0 aliphatic heterocycles. The van der Waals surface area contributed by atoms with Crippen LogP contribution in [0.25, 0.3) is 27.0 Å². The van der Waals surface area contributed by atoms with Gasteiger partial charge in [-0.05, 0) is 36.8 Å². The van der Waals surface area contributed by atoms with E-state index in [0.717, 1.165) is 22.2 Å². The summed E-state index contributed by atoms with van der Waals surface area (Å²) in [5.41, 5.74) is 6.69. The zero-order valence-corrected chi connectivity index (χ0v) is 18.4. The molecule has 4 rings (SSSR count). The van der Waals surface area contributed by atoms with Gasteiger partial charge in [0.1, 0.15) is 10.6 Å². The minimum Gasteiger partial charge on any atom is -0.351 e. The number of para-hydroxylation sites is 1. The Morgan fingerprint density at radius 3 is 2.50 bits per heavy atom. The van der Waals surface area contributed by atoms with Crippen LogP contribution in [0.2, 0.25) is 0 Å². The standard InChI is InChI=1S/C22H17FN4O3S2/c1-12-17(13-7-9-14(23)10-8-13)18-19(32-12)26-22(31-11-16(28)25-21(24)30)27(20(18)29)15-5-3-2-4-6-15/h2-10H,11H2,1H3,(H3,24,25,28,30). The zero-order valence-electron chi connectivity index (χ0n) is 16.8. The fraction of sp³-hybridized carbons (Fsp3) is 0.0909. The normalized spacial score (nSPS) is 10.9. The van der Waals surface area contributed by atoms with Gasteiger partial charge in [0.2, 0.25) is 5.91 Å². The summed E-state index contributed by atoms with van der Waals surface area (Å²) in [6, 6.07) is 14.0. The van der Waals surface area contributed by atoms with E-state index in [1.165, 1.54) is 28.0 Å². The predicted octanol–water partition coefficient (Wildman–Crippen LogP) is 3.85. The molecular formula is C22H17FN4O3S2. The number of hydrogen-bond acceptors (Lipinski definition) is 6. The third-order valence-electron chi connectivity index (χ3n) is 4.61. The van der Waals surface area contributed by atoms with Crippen LogP contribution in [-0.4, -0.2) is 27.2 Å². The van der Waals surface area contributed by atoms with Crippen LogP contribution in [0.5, 0.6) is 0 Å². The number of thiophene rings is 1. The number of nitrogens with one attached hydrogen (secondary N) is 1. The summed E-state index contributed by atoms with van der Waals surface area (Å²) in [7, 11) is 0. The van der Waals surface area contributed by atoms with Gasteiger partial charge in [-0.1, -0.05) is 42.1 Å².